The van der Waals surface area contributed by atoms with Gasteiger partial charge in [0.25, 0.3) is 0 Å². The molecule has 3 rings (SSSR count). The average molecular weight is 287 g/mol. The van der Waals surface area contributed by atoms with Crippen LogP contribution in [0.5, 0.6) is 0 Å². The molecule has 0 spiro atoms. The van der Waals surface area contributed by atoms with Crippen molar-refractivity contribution in [3.63, 3.8) is 0 Å². The first-order valence-corrected chi connectivity index (χ1v) is 6.16. The van der Waals surface area contributed by atoms with Crippen molar-refractivity contribution in [1.82, 2.24) is 4.57 Å². The summed E-state index contributed by atoms with van der Waals surface area (Å²) in [5.41, 5.74) is 0.961. The largest absolute Gasteiger partial charge is 0.478 e. The van der Waals surface area contributed by atoms with Crippen LogP contribution < -0.4 is 5.76 Å². The summed E-state index contributed by atoms with van der Waals surface area (Å²) < 4.78 is 19.9. The van der Waals surface area contributed by atoms with Crippen molar-refractivity contribution in [3.8, 4) is 0 Å². The highest BCUT2D eigenvalue weighted by molar-refractivity contribution is 5.91. The van der Waals surface area contributed by atoms with E-state index in [1.54, 1.807) is 18.2 Å². The molecular formula is C15H10FNO4. The van der Waals surface area contributed by atoms with Gasteiger partial charge in [-0.05, 0) is 24.3 Å². The molecule has 0 bridgehead atoms. The number of nitrogens with zero attached hydrogens (tertiary/aromatic N) is 1. The number of rotatable bonds is 3. The molecule has 0 atom stereocenters. The minimum Gasteiger partial charge on any atom is -0.478 e. The van der Waals surface area contributed by atoms with Gasteiger partial charge in [-0.15, -0.1) is 0 Å². The molecule has 5 nitrogen and oxygen atoms in total. The zero-order chi connectivity index (χ0) is 15.0. The topological polar surface area (TPSA) is 72.4 Å². The molecule has 1 heterocycles. The third-order valence-corrected chi connectivity index (χ3v) is 3.20. The van der Waals surface area contributed by atoms with Crippen molar-refractivity contribution in [3.05, 3.63) is 70.0 Å². The second kappa shape index (κ2) is 4.90. The Bertz CT molecular complexity index is 894. The Kier molecular flexibility index (Phi) is 3.06. The van der Waals surface area contributed by atoms with Crippen molar-refractivity contribution in [2.75, 3.05) is 0 Å². The summed E-state index contributed by atoms with van der Waals surface area (Å²) in [7, 11) is 0. The molecule has 0 fully saturated rings. The first-order chi connectivity index (χ1) is 10.1. The van der Waals surface area contributed by atoms with E-state index < -0.39 is 17.5 Å². The molecule has 3 aromatic rings. The van der Waals surface area contributed by atoms with E-state index in [-0.39, 0.29) is 17.7 Å². The second-order valence-electron chi connectivity index (χ2n) is 4.53. The first-order valence-electron chi connectivity index (χ1n) is 6.16. The van der Waals surface area contributed by atoms with E-state index >= 15 is 0 Å². The van der Waals surface area contributed by atoms with Crippen LogP contribution in [0.4, 0.5) is 4.39 Å². The smallest absolute Gasteiger partial charge is 0.420 e. The minimum atomic E-state index is -1.11. The Morgan fingerprint density at radius 1 is 1.24 bits per heavy atom. The number of carbonyl (C=O) groups is 1. The summed E-state index contributed by atoms with van der Waals surface area (Å²) in [6, 6.07) is 10.2. The van der Waals surface area contributed by atoms with Crippen LogP contribution in [-0.2, 0) is 6.54 Å². The summed E-state index contributed by atoms with van der Waals surface area (Å²) in [6.07, 6.45) is 0. The lowest BCUT2D eigenvalue weighted by atomic mass is 10.2. The molecular weight excluding hydrogens is 277 g/mol. The molecule has 0 unspecified atom stereocenters. The molecule has 0 aliphatic carbocycles. The van der Waals surface area contributed by atoms with Gasteiger partial charge in [0.05, 0.1) is 17.6 Å². The maximum Gasteiger partial charge on any atom is 0.420 e. The Morgan fingerprint density at radius 3 is 2.71 bits per heavy atom. The Hall–Kier alpha value is -2.89. The van der Waals surface area contributed by atoms with E-state index in [9.17, 15) is 14.0 Å². The molecule has 21 heavy (non-hydrogen) atoms. The summed E-state index contributed by atoms with van der Waals surface area (Å²) in [6.45, 7) is 0.0188. The van der Waals surface area contributed by atoms with Gasteiger partial charge in [0.1, 0.15) is 5.82 Å². The summed E-state index contributed by atoms with van der Waals surface area (Å²) in [4.78, 5) is 22.8. The highest BCUT2D eigenvalue weighted by atomic mass is 19.1. The van der Waals surface area contributed by atoms with Crippen molar-refractivity contribution < 1.29 is 18.7 Å². The fourth-order valence-corrected chi connectivity index (χ4v) is 2.15. The molecule has 0 radical (unpaired) electrons. The van der Waals surface area contributed by atoms with Gasteiger partial charge in [0, 0.05) is 5.56 Å². The highest BCUT2D eigenvalue weighted by Gasteiger charge is 2.13. The fraction of sp³-hybridized carbons (Fsp3) is 0.0667. The minimum absolute atomic E-state index is 0.0188. The van der Waals surface area contributed by atoms with E-state index in [0.717, 1.165) is 0 Å². The van der Waals surface area contributed by atoms with Crippen molar-refractivity contribution in [2.45, 2.75) is 6.54 Å². The monoisotopic (exact) mass is 287 g/mol. The number of carboxylic acid groups (broad SMARTS) is 1. The summed E-state index contributed by atoms with van der Waals surface area (Å²) in [5.74, 6) is -2.18. The predicted molar refractivity (Wildman–Crippen MR) is 72.9 cm³/mol. The van der Waals surface area contributed by atoms with E-state index in [1.165, 1.54) is 28.8 Å². The van der Waals surface area contributed by atoms with Crippen LogP contribution in [0, 0.1) is 5.82 Å². The number of hydrogen-bond donors (Lipinski definition) is 1. The SMILES string of the molecule is O=C(O)c1ccc2c(c1)oc(=O)n2Cc1ccccc1F. The van der Waals surface area contributed by atoms with Crippen LogP contribution >= 0.6 is 0 Å². The van der Waals surface area contributed by atoms with Crippen molar-refractivity contribution in [1.29, 1.82) is 0 Å². The van der Waals surface area contributed by atoms with Gasteiger partial charge in [-0.25, -0.2) is 14.0 Å². The number of aromatic nitrogens is 1. The fourth-order valence-electron chi connectivity index (χ4n) is 2.15. The maximum absolute atomic E-state index is 13.7. The average Bonchev–Trinajstić information content (AvgIpc) is 2.76. The van der Waals surface area contributed by atoms with Gasteiger partial charge in [-0.3, -0.25) is 4.57 Å². The van der Waals surface area contributed by atoms with Crippen LogP contribution in [0.15, 0.2) is 51.7 Å². The third kappa shape index (κ3) is 2.31. The van der Waals surface area contributed by atoms with Gasteiger partial charge in [-0.2, -0.15) is 0 Å². The van der Waals surface area contributed by atoms with Gasteiger partial charge < -0.3 is 9.52 Å². The summed E-state index contributed by atoms with van der Waals surface area (Å²) in [5, 5.41) is 8.92. The lowest BCUT2D eigenvalue weighted by Crippen LogP contribution is -2.15. The number of aromatic carboxylic acids is 1. The summed E-state index contributed by atoms with van der Waals surface area (Å²) >= 11 is 0. The Morgan fingerprint density at radius 2 is 2.00 bits per heavy atom. The molecule has 1 aromatic heterocycles. The predicted octanol–water partition coefficient (Wildman–Crippen LogP) is 2.48. The lowest BCUT2D eigenvalue weighted by Gasteiger charge is -2.04. The number of fused-ring (bicyclic) bond motifs is 1. The van der Waals surface area contributed by atoms with E-state index in [2.05, 4.69) is 0 Å². The van der Waals surface area contributed by atoms with Crippen LogP contribution in [0.2, 0.25) is 0 Å². The van der Waals surface area contributed by atoms with Crippen LogP contribution in [-0.4, -0.2) is 15.6 Å². The van der Waals surface area contributed by atoms with Crippen molar-refractivity contribution >= 4 is 17.1 Å². The van der Waals surface area contributed by atoms with Crippen LogP contribution in [0.3, 0.4) is 0 Å². The maximum atomic E-state index is 13.7. The molecule has 0 aliphatic rings. The quantitative estimate of drug-likeness (QED) is 0.803. The molecule has 0 saturated carbocycles. The second-order valence-corrected chi connectivity index (χ2v) is 4.53. The Labute approximate surface area is 117 Å². The Balaban J connectivity index is 2.11. The number of carboxylic acids is 1. The number of benzene rings is 2. The van der Waals surface area contributed by atoms with Gasteiger partial charge in [0.2, 0.25) is 0 Å². The number of hydrogen-bond acceptors (Lipinski definition) is 3. The van der Waals surface area contributed by atoms with Crippen LogP contribution in [0.1, 0.15) is 15.9 Å². The first kappa shape index (κ1) is 13.1. The van der Waals surface area contributed by atoms with Gasteiger partial charge in [0.15, 0.2) is 5.58 Å². The normalized spacial score (nSPS) is 10.9. The van der Waals surface area contributed by atoms with Gasteiger partial charge >= 0.3 is 11.7 Å². The molecule has 2 aromatic carbocycles. The molecule has 0 saturated heterocycles. The zero-order valence-electron chi connectivity index (χ0n) is 10.7. The highest BCUT2D eigenvalue weighted by Crippen LogP contribution is 2.17. The van der Waals surface area contributed by atoms with Crippen LogP contribution in [0.25, 0.3) is 11.1 Å². The molecule has 106 valence electrons. The van der Waals surface area contributed by atoms with Crippen molar-refractivity contribution in [2.24, 2.45) is 0 Å². The molecule has 0 aliphatic heterocycles. The molecule has 1 N–H and O–H groups in total. The molecule has 0 amide bonds. The number of oxazole rings is 1. The molecule has 6 heteroatoms. The van der Waals surface area contributed by atoms with E-state index in [4.69, 9.17) is 9.52 Å². The number of halogens is 1. The zero-order valence-corrected chi connectivity index (χ0v) is 10.7. The standard InChI is InChI=1S/C15H10FNO4/c16-11-4-2-1-3-10(11)8-17-12-6-5-9(14(18)19)7-13(12)21-15(17)20/h1-7H,8H2,(H,18,19). The van der Waals surface area contributed by atoms with Gasteiger partial charge in [-0.1, -0.05) is 18.2 Å². The van der Waals surface area contributed by atoms with E-state index in [0.29, 0.717) is 11.1 Å². The lowest BCUT2D eigenvalue weighted by molar-refractivity contribution is 0.0697. The third-order valence-electron chi connectivity index (χ3n) is 3.20. The van der Waals surface area contributed by atoms with E-state index in [1.807, 2.05) is 0 Å².